The third-order valence-electron chi connectivity index (χ3n) is 4.87. The summed E-state index contributed by atoms with van der Waals surface area (Å²) in [6.45, 7) is 2.70. The molecule has 138 valence electrons. The van der Waals surface area contributed by atoms with Crippen LogP contribution < -0.4 is 4.74 Å². The summed E-state index contributed by atoms with van der Waals surface area (Å²) in [5.74, 6) is 0.864. The minimum atomic E-state index is 0.347. The maximum absolute atomic E-state index is 5.81. The van der Waals surface area contributed by atoms with Crippen molar-refractivity contribution in [3.05, 3.63) is 71.4 Å². The van der Waals surface area contributed by atoms with Crippen molar-refractivity contribution in [3.63, 3.8) is 0 Å². The molecule has 0 aliphatic rings. The van der Waals surface area contributed by atoms with Crippen molar-refractivity contribution in [2.24, 2.45) is 0 Å². The van der Waals surface area contributed by atoms with E-state index in [0.717, 1.165) is 27.5 Å². The van der Waals surface area contributed by atoms with Crippen molar-refractivity contribution in [1.29, 1.82) is 0 Å². The van der Waals surface area contributed by atoms with E-state index in [0.29, 0.717) is 12.6 Å². The minimum Gasteiger partial charge on any atom is -0.487 e. The molecule has 4 rings (SSSR count). The van der Waals surface area contributed by atoms with Crippen LogP contribution in [0.25, 0.3) is 21.5 Å². The number of fused-ring (bicyclic) bond motifs is 1. The van der Waals surface area contributed by atoms with Gasteiger partial charge in [0.1, 0.15) is 17.4 Å². The van der Waals surface area contributed by atoms with Gasteiger partial charge in [-0.05, 0) is 56.9 Å². The molecule has 0 radical (unpaired) electrons. The highest BCUT2D eigenvalue weighted by atomic mass is 32.1. The minimum absolute atomic E-state index is 0.347. The number of nitrogens with one attached hydrogen (secondary N) is 1. The van der Waals surface area contributed by atoms with E-state index in [9.17, 15) is 0 Å². The lowest BCUT2D eigenvalue weighted by Gasteiger charge is -2.19. The highest BCUT2D eigenvalue weighted by molar-refractivity contribution is 7.13. The van der Waals surface area contributed by atoms with Crippen LogP contribution >= 0.6 is 11.3 Å². The lowest BCUT2D eigenvalue weighted by molar-refractivity contribution is 0.302. The third kappa shape index (κ3) is 3.75. The smallest absolute Gasteiger partial charge is 0.131 e. The van der Waals surface area contributed by atoms with E-state index in [4.69, 9.17) is 9.72 Å². The van der Waals surface area contributed by atoms with Gasteiger partial charge < -0.3 is 14.6 Å². The number of ether oxygens (including phenoxy) is 1. The molecule has 1 atom stereocenters. The first kappa shape index (κ1) is 17.8. The first-order chi connectivity index (χ1) is 13.1. The number of aromatic amines is 1. The van der Waals surface area contributed by atoms with Crippen molar-refractivity contribution < 1.29 is 4.74 Å². The molecular weight excluding hydrogens is 354 g/mol. The van der Waals surface area contributed by atoms with Gasteiger partial charge in [0.2, 0.25) is 0 Å². The Hall–Kier alpha value is -2.63. The molecule has 5 heteroatoms. The fraction of sp³-hybridized carbons (Fsp3) is 0.227. The zero-order chi connectivity index (χ0) is 18.8. The third-order valence-corrected chi connectivity index (χ3v) is 5.81. The van der Waals surface area contributed by atoms with Gasteiger partial charge >= 0.3 is 0 Å². The van der Waals surface area contributed by atoms with Crippen LogP contribution in [0.3, 0.4) is 0 Å². The summed E-state index contributed by atoms with van der Waals surface area (Å²) >= 11 is 1.66. The van der Waals surface area contributed by atoms with Gasteiger partial charge in [-0.2, -0.15) is 0 Å². The molecule has 2 aromatic carbocycles. The number of benzene rings is 2. The van der Waals surface area contributed by atoms with Crippen molar-refractivity contribution in [1.82, 2.24) is 14.9 Å². The Balaban J connectivity index is 1.57. The molecule has 2 aromatic heterocycles. The molecule has 0 saturated heterocycles. The molecule has 0 aliphatic carbocycles. The van der Waals surface area contributed by atoms with Crippen LogP contribution in [0.2, 0.25) is 0 Å². The molecule has 4 aromatic rings. The zero-order valence-corrected chi connectivity index (χ0v) is 16.6. The number of hydrogen-bond acceptors (Lipinski definition) is 4. The highest BCUT2D eigenvalue weighted by Crippen LogP contribution is 2.32. The molecule has 1 N–H and O–H groups in total. The summed E-state index contributed by atoms with van der Waals surface area (Å²) in [5, 5.41) is 4.35. The van der Waals surface area contributed by atoms with Crippen molar-refractivity contribution in [2.45, 2.75) is 19.6 Å². The van der Waals surface area contributed by atoms with E-state index < -0.39 is 0 Å². The van der Waals surface area contributed by atoms with Gasteiger partial charge in [-0.1, -0.05) is 18.2 Å². The highest BCUT2D eigenvalue weighted by Gasteiger charge is 2.14. The van der Waals surface area contributed by atoms with E-state index in [1.54, 1.807) is 11.3 Å². The maximum Gasteiger partial charge on any atom is 0.131 e. The number of aromatic nitrogens is 2. The second kappa shape index (κ2) is 7.55. The molecular formula is C22H23N3OS. The standard InChI is InChI=1S/C22H23N3OS/c1-15(25(2)3)20-12-23-21-10-9-16(11-19(20)21)22-24-17(14-27-22)13-26-18-7-5-4-6-8-18/h4-12,14-15,23H,13H2,1-3H3. The molecule has 0 saturated carbocycles. The van der Waals surface area contributed by atoms with Crippen molar-refractivity contribution >= 4 is 22.2 Å². The number of thiazole rings is 1. The van der Waals surface area contributed by atoms with Crippen LogP contribution in [0.4, 0.5) is 0 Å². The first-order valence-corrected chi connectivity index (χ1v) is 9.90. The first-order valence-electron chi connectivity index (χ1n) is 9.02. The monoisotopic (exact) mass is 377 g/mol. The van der Waals surface area contributed by atoms with Gasteiger partial charge in [0, 0.05) is 34.1 Å². The second-order valence-corrected chi connectivity index (χ2v) is 7.75. The summed E-state index contributed by atoms with van der Waals surface area (Å²) < 4.78 is 5.81. The van der Waals surface area contributed by atoms with E-state index in [1.807, 2.05) is 30.3 Å². The molecule has 0 aliphatic heterocycles. The SMILES string of the molecule is CC(c1c[nH]c2ccc(-c3nc(COc4ccccc4)cs3)cc12)N(C)C. The van der Waals surface area contributed by atoms with Gasteiger partial charge in [-0.25, -0.2) is 4.98 Å². The van der Waals surface area contributed by atoms with Gasteiger partial charge in [-0.3, -0.25) is 0 Å². The van der Waals surface area contributed by atoms with Gasteiger partial charge in [-0.15, -0.1) is 11.3 Å². The maximum atomic E-state index is 5.81. The van der Waals surface area contributed by atoms with E-state index in [-0.39, 0.29) is 0 Å². The van der Waals surface area contributed by atoms with E-state index in [2.05, 4.69) is 60.7 Å². The van der Waals surface area contributed by atoms with Gasteiger partial charge in [0.25, 0.3) is 0 Å². The molecule has 1 unspecified atom stereocenters. The summed E-state index contributed by atoms with van der Waals surface area (Å²) in [5.41, 5.74) is 4.56. The van der Waals surface area contributed by atoms with Crippen molar-refractivity contribution in [3.8, 4) is 16.3 Å². The summed E-state index contributed by atoms with van der Waals surface area (Å²) in [4.78, 5) is 10.4. The van der Waals surface area contributed by atoms with E-state index >= 15 is 0 Å². The molecule has 27 heavy (non-hydrogen) atoms. The quantitative estimate of drug-likeness (QED) is 0.483. The Morgan fingerprint density at radius 3 is 2.74 bits per heavy atom. The van der Waals surface area contributed by atoms with Crippen molar-refractivity contribution in [2.75, 3.05) is 14.1 Å². The summed E-state index contributed by atoms with van der Waals surface area (Å²) in [6.07, 6.45) is 2.11. The van der Waals surface area contributed by atoms with Crippen LogP contribution in [0.1, 0.15) is 24.2 Å². The van der Waals surface area contributed by atoms with Crippen LogP contribution in [0.15, 0.2) is 60.1 Å². The Bertz CT molecular complexity index is 1040. The fourth-order valence-corrected chi connectivity index (χ4v) is 3.88. The fourth-order valence-electron chi connectivity index (χ4n) is 3.08. The van der Waals surface area contributed by atoms with E-state index in [1.165, 1.54) is 10.9 Å². The Labute approximate surface area is 163 Å². The number of rotatable bonds is 6. The van der Waals surface area contributed by atoms with Gasteiger partial charge in [0.05, 0.1) is 5.69 Å². The summed E-state index contributed by atoms with van der Waals surface area (Å²) in [6, 6.07) is 16.7. The lowest BCUT2D eigenvalue weighted by Crippen LogP contribution is -2.16. The summed E-state index contributed by atoms with van der Waals surface area (Å²) in [7, 11) is 4.21. The number of para-hydroxylation sites is 1. The van der Waals surface area contributed by atoms with Gasteiger partial charge in [0.15, 0.2) is 0 Å². The second-order valence-electron chi connectivity index (χ2n) is 6.89. The number of nitrogens with zero attached hydrogens (tertiary/aromatic N) is 2. The normalized spacial score (nSPS) is 12.6. The number of hydrogen-bond donors (Lipinski definition) is 1. The molecule has 4 nitrogen and oxygen atoms in total. The Morgan fingerprint density at radius 1 is 1.15 bits per heavy atom. The predicted octanol–water partition coefficient (Wildman–Crippen LogP) is 5.49. The van der Waals surface area contributed by atoms with Crippen LogP contribution in [0, 0.1) is 0 Å². The number of H-pyrrole nitrogens is 1. The van der Waals surface area contributed by atoms with Crippen LogP contribution in [0.5, 0.6) is 5.75 Å². The largest absolute Gasteiger partial charge is 0.487 e. The zero-order valence-electron chi connectivity index (χ0n) is 15.8. The Morgan fingerprint density at radius 2 is 1.96 bits per heavy atom. The van der Waals surface area contributed by atoms with Crippen LogP contribution in [-0.4, -0.2) is 29.0 Å². The average molecular weight is 378 g/mol. The Kier molecular flexibility index (Phi) is 4.97. The molecule has 2 heterocycles. The average Bonchev–Trinajstić information content (AvgIpc) is 3.33. The van der Waals surface area contributed by atoms with Crippen LogP contribution in [-0.2, 0) is 6.61 Å². The molecule has 0 amide bonds. The molecule has 0 spiro atoms. The lowest BCUT2D eigenvalue weighted by atomic mass is 10.0. The molecule has 0 bridgehead atoms. The topological polar surface area (TPSA) is 41.1 Å². The predicted molar refractivity (Wildman–Crippen MR) is 112 cm³/mol. The molecule has 0 fully saturated rings.